The summed E-state index contributed by atoms with van der Waals surface area (Å²) >= 11 is 1.46. The topological polar surface area (TPSA) is 51.2 Å². The molecule has 3 nitrogen and oxygen atoms in total. The van der Waals surface area contributed by atoms with Crippen LogP contribution in [0.5, 0.6) is 0 Å². The summed E-state index contributed by atoms with van der Waals surface area (Å²) in [6.07, 6.45) is 2.84. The third kappa shape index (κ3) is 2.45. The number of benzene rings is 2. The van der Waals surface area contributed by atoms with E-state index in [1.165, 1.54) is 11.3 Å². The Morgan fingerprint density at radius 3 is 2.32 bits per heavy atom. The third-order valence-corrected chi connectivity index (χ3v) is 5.83. The van der Waals surface area contributed by atoms with Gasteiger partial charge in [0, 0.05) is 27.0 Å². The second kappa shape index (κ2) is 6.05. The average molecular weight is 348 g/mol. The van der Waals surface area contributed by atoms with Crippen LogP contribution in [0.2, 0.25) is 0 Å². The number of fused-ring (bicyclic) bond motifs is 4. The van der Waals surface area contributed by atoms with E-state index in [1.807, 2.05) is 0 Å². The molecule has 25 heavy (non-hydrogen) atoms. The second-order valence-electron chi connectivity index (χ2n) is 6.25. The first-order chi connectivity index (χ1) is 12.1. The van der Waals surface area contributed by atoms with E-state index in [9.17, 15) is 14.4 Å². The van der Waals surface area contributed by atoms with Crippen LogP contribution in [0.4, 0.5) is 0 Å². The van der Waals surface area contributed by atoms with Crippen molar-refractivity contribution in [3.8, 4) is 0 Å². The monoisotopic (exact) mass is 348 g/mol. The minimum Gasteiger partial charge on any atom is -0.289 e. The molecule has 0 radical (unpaired) electrons. The smallest absolute Gasteiger partial charge is 0.195 e. The molecule has 0 spiro atoms. The van der Waals surface area contributed by atoms with Crippen LogP contribution < -0.4 is 5.43 Å². The van der Waals surface area contributed by atoms with Crippen molar-refractivity contribution in [2.24, 2.45) is 0 Å². The first-order valence-corrected chi connectivity index (χ1v) is 9.21. The van der Waals surface area contributed by atoms with E-state index < -0.39 is 0 Å². The Morgan fingerprint density at radius 2 is 1.60 bits per heavy atom. The summed E-state index contributed by atoms with van der Waals surface area (Å²) in [7, 11) is 0. The highest BCUT2D eigenvalue weighted by Gasteiger charge is 2.31. The molecule has 1 heterocycles. The molecule has 1 aromatic heterocycles. The number of carbonyl (C=O) groups is 2. The minimum absolute atomic E-state index is 0.0817. The molecule has 0 aliphatic heterocycles. The summed E-state index contributed by atoms with van der Waals surface area (Å²) in [4.78, 5) is 39.3. The zero-order valence-corrected chi connectivity index (χ0v) is 14.6. The quantitative estimate of drug-likeness (QED) is 0.552. The Kier molecular flexibility index (Phi) is 3.85. The van der Waals surface area contributed by atoms with Gasteiger partial charge >= 0.3 is 0 Å². The molecule has 0 bridgehead atoms. The summed E-state index contributed by atoms with van der Waals surface area (Å²) in [5.74, 6) is -0.315. The lowest BCUT2D eigenvalue weighted by Gasteiger charge is -2.18. The summed E-state index contributed by atoms with van der Waals surface area (Å²) in [6.45, 7) is 2.10. The molecular formula is C21H16O3S. The summed E-state index contributed by atoms with van der Waals surface area (Å²) in [5, 5.41) is 0.518. The van der Waals surface area contributed by atoms with Crippen molar-refractivity contribution < 1.29 is 9.59 Å². The highest BCUT2D eigenvalue weighted by atomic mass is 32.1. The lowest BCUT2D eigenvalue weighted by Crippen LogP contribution is -2.21. The van der Waals surface area contributed by atoms with Gasteiger partial charge in [0.25, 0.3) is 0 Å². The van der Waals surface area contributed by atoms with Crippen LogP contribution >= 0.6 is 11.3 Å². The first-order valence-electron chi connectivity index (χ1n) is 8.40. The number of hydrogen-bond donors (Lipinski definition) is 0. The van der Waals surface area contributed by atoms with E-state index in [2.05, 4.69) is 6.92 Å². The molecule has 4 rings (SSSR count). The summed E-state index contributed by atoms with van der Waals surface area (Å²) < 4.78 is 0.643. The molecule has 0 saturated carbocycles. The van der Waals surface area contributed by atoms with Gasteiger partial charge in [-0.2, -0.15) is 0 Å². The maximum absolute atomic E-state index is 13.1. The van der Waals surface area contributed by atoms with Crippen LogP contribution in [0.25, 0.3) is 10.1 Å². The van der Waals surface area contributed by atoms with E-state index in [1.54, 1.807) is 42.5 Å². The van der Waals surface area contributed by atoms with Gasteiger partial charge in [0.1, 0.15) is 0 Å². The van der Waals surface area contributed by atoms with Crippen LogP contribution in [-0.4, -0.2) is 11.6 Å². The Balaban J connectivity index is 2.02. The lowest BCUT2D eigenvalue weighted by atomic mass is 9.83. The zero-order valence-electron chi connectivity index (χ0n) is 13.8. The number of ketones is 2. The third-order valence-electron chi connectivity index (χ3n) is 4.61. The Labute approximate surface area is 148 Å². The van der Waals surface area contributed by atoms with Gasteiger partial charge in [-0.25, -0.2) is 0 Å². The molecule has 0 fully saturated rings. The zero-order chi connectivity index (χ0) is 17.6. The van der Waals surface area contributed by atoms with Crippen LogP contribution in [0.15, 0.2) is 47.3 Å². The fourth-order valence-corrected chi connectivity index (χ4v) is 4.57. The van der Waals surface area contributed by atoms with E-state index in [-0.39, 0.29) is 17.0 Å². The maximum atomic E-state index is 13.1. The Bertz CT molecular complexity index is 1090. The van der Waals surface area contributed by atoms with Gasteiger partial charge in [0.2, 0.25) is 0 Å². The van der Waals surface area contributed by atoms with E-state index in [0.717, 1.165) is 24.1 Å². The van der Waals surface area contributed by atoms with Gasteiger partial charge in [-0.15, -0.1) is 11.3 Å². The Morgan fingerprint density at radius 1 is 0.880 bits per heavy atom. The first kappa shape index (κ1) is 15.9. The molecule has 1 aliphatic carbocycles. The second-order valence-corrected chi connectivity index (χ2v) is 7.39. The lowest BCUT2D eigenvalue weighted by molar-refractivity contribution is 0.0980. The summed E-state index contributed by atoms with van der Waals surface area (Å²) in [6, 6.07) is 11.8. The largest absolute Gasteiger partial charge is 0.289 e. The molecule has 2 aromatic carbocycles. The van der Waals surface area contributed by atoms with E-state index in [4.69, 9.17) is 0 Å². The van der Waals surface area contributed by atoms with Gasteiger partial charge < -0.3 is 0 Å². The fraction of sp³-hybridized carbons (Fsp3) is 0.190. The van der Waals surface area contributed by atoms with Gasteiger partial charge in [0.05, 0.1) is 10.3 Å². The molecule has 0 N–H and O–H groups in total. The maximum Gasteiger partial charge on any atom is 0.195 e. The van der Waals surface area contributed by atoms with Crippen molar-refractivity contribution in [3.63, 3.8) is 0 Å². The Hall–Kier alpha value is -2.59. The normalized spacial score (nSPS) is 13.0. The molecule has 1 aliphatic rings. The van der Waals surface area contributed by atoms with Gasteiger partial charge in [-0.3, -0.25) is 14.4 Å². The van der Waals surface area contributed by atoms with Crippen LogP contribution in [0, 0.1) is 0 Å². The number of rotatable bonds is 3. The number of unbranched alkanes of at least 4 members (excludes halogenated alkanes) is 1. The molecule has 3 aromatic rings. The van der Waals surface area contributed by atoms with Crippen molar-refractivity contribution in [2.75, 3.05) is 0 Å². The predicted molar refractivity (Wildman–Crippen MR) is 100 cm³/mol. The molecule has 4 heteroatoms. The van der Waals surface area contributed by atoms with Crippen molar-refractivity contribution in [3.05, 3.63) is 79.8 Å². The molecule has 0 amide bonds. The van der Waals surface area contributed by atoms with Crippen LogP contribution in [0.3, 0.4) is 0 Å². The highest BCUT2D eigenvalue weighted by molar-refractivity contribution is 7.18. The van der Waals surface area contributed by atoms with Crippen molar-refractivity contribution in [1.29, 1.82) is 0 Å². The highest BCUT2D eigenvalue weighted by Crippen LogP contribution is 2.34. The number of aryl methyl sites for hydroxylation is 1. The predicted octanol–water partition coefficient (Wildman–Crippen LogP) is 4.38. The van der Waals surface area contributed by atoms with E-state index >= 15 is 0 Å². The average Bonchev–Trinajstić information content (AvgIpc) is 2.63. The SMILES string of the molecule is CCCCc1cc(=O)c2ccc3c(c2s1)C(=O)c1ccccc1C3=O. The number of hydrogen-bond acceptors (Lipinski definition) is 4. The molecule has 0 unspecified atom stereocenters. The van der Waals surface area contributed by atoms with Gasteiger partial charge in [-0.05, 0) is 31.0 Å². The van der Waals surface area contributed by atoms with Gasteiger partial charge in [0.15, 0.2) is 17.0 Å². The van der Waals surface area contributed by atoms with Crippen LogP contribution in [0.1, 0.15) is 56.5 Å². The summed E-state index contributed by atoms with van der Waals surface area (Å²) in [5.41, 5.74) is 1.57. The standard InChI is InChI=1S/C21H16O3S/c1-2-3-6-12-11-17(22)15-9-10-16-18(21(15)25-12)20(24)14-8-5-4-7-13(14)19(16)23/h4-5,7-11H,2-3,6H2,1H3. The van der Waals surface area contributed by atoms with Crippen LogP contribution in [-0.2, 0) is 6.42 Å². The molecular weight excluding hydrogens is 332 g/mol. The molecule has 0 saturated heterocycles. The van der Waals surface area contributed by atoms with Crippen molar-refractivity contribution >= 4 is 33.0 Å². The van der Waals surface area contributed by atoms with Crippen molar-refractivity contribution in [2.45, 2.75) is 26.2 Å². The molecule has 0 atom stereocenters. The minimum atomic E-state index is -0.168. The van der Waals surface area contributed by atoms with Crippen molar-refractivity contribution in [1.82, 2.24) is 0 Å². The number of carbonyl (C=O) groups excluding carboxylic acids is 2. The van der Waals surface area contributed by atoms with E-state index in [0.29, 0.717) is 32.3 Å². The van der Waals surface area contributed by atoms with Gasteiger partial charge in [-0.1, -0.05) is 37.6 Å². The molecule has 124 valence electrons. The fourth-order valence-electron chi connectivity index (χ4n) is 3.31.